The fourth-order valence-corrected chi connectivity index (χ4v) is 4.07. The summed E-state index contributed by atoms with van der Waals surface area (Å²) in [6.45, 7) is 0. The minimum atomic E-state index is 1.05. The molecule has 0 unspecified atom stereocenters. The Labute approximate surface area is 150 Å². The number of rotatable bonds is 0. The maximum Gasteiger partial charge on any atom is 0.0708 e. The summed E-state index contributed by atoms with van der Waals surface area (Å²) in [6, 6.07) is 30.8. The topological polar surface area (TPSA) is 12.9 Å². The molecule has 120 valence electrons. The van der Waals surface area contributed by atoms with Gasteiger partial charge in [-0.3, -0.25) is 4.98 Å². The molecule has 26 heavy (non-hydrogen) atoms. The van der Waals surface area contributed by atoms with E-state index in [-0.39, 0.29) is 0 Å². The minimum Gasteiger partial charge on any atom is -0.256 e. The van der Waals surface area contributed by atoms with Crippen molar-refractivity contribution < 1.29 is 0 Å². The van der Waals surface area contributed by atoms with Gasteiger partial charge in [0, 0.05) is 11.6 Å². The van der Waals surface area contributed by atoms with Gasteiger partial charge in [0.25, 0.3) is 0 Å². The Hall–Kier alpha value is -3.45. The predicted octanol–water partition coefficient (Wildman–Crippen LogP) is 6.85. The Kier molecular flexibility index (Phi) is 2.67. The number of aromatic nitrogens is 1. The molecular formula is C25H15N. The summed E-state index contributed by atoms with van der Waals surface area (Å²) in [4.78, 5) is 4.54. The molecule has 5 aromatic carbocycles. The minimum absolute atomic E-state index is 1.05. The molecule has 0 aliphatic heterocycles. The second kappa shape index (κ2) is 5.03. The van der Waals surface area contributed by atoms with Crippen LogP contribution in [-0.2, 0) is 0 Å². The van der Waals surface area contributed by atoms with Crippen molar-refractivity contribution in [1.29, 1.82) is 0 Å². The summed E-state index contributed by atoms with van der Waals surface area (Å²) >= 11 is 0. The Morgan fingerprint density at radius 2 is 1.00 bits per heavy atom. The molecule has 0 aliphatic rings. The van der Waals surface area contributed by atoms with E-state index in [4.69, 9.17) is 0 Å². The van der Waals surface area contributed by atoms with E-state index in [9.17, 15) is 0 Å². The van der Waals surface area contributed by atoms with E-state index in [1.54, 1.807) is 0 Å². The Morgan fingerprint density at radius 3 is 1.77 bits per heavy atom. The van der Waals surface area contributed by atoms with E-state index in [0.717, 1.165) is 5.52 Å². The van der Waals surface area contributed by atoms with Gasteiger partial charge < -0.3 is 0 Å². The Morgan fingerprint density at radius 1 is 0.423 bits per heavy atom. The zero-order valence-electron chi connectivity index (χ0n) is 14.1. The average Bonchev–Trinajstić information content (AvgIpc) is 2.69. The molecule has 1 heterocycles. The maximum atomic E-state index is 4.54. The van der Waals surface area contributed by atoms with Crippen molar-refractivity contribution in [3.63, 3.8) is 0 Å². The van der Waals surface area contributed by atoms with E-state index in [2.05, 4.69) is 83.8 Å². The molecule has 0 saturated heterocycles. The number of fused-ring (bicyclic) bond motifs is 6. The summed E-state index contributed by atoms with van der Waals surface area (Å²) in [6.07, 6.45) is 1.86. The lowest BCUT2D eigenvalue weighted by Gasteiger charge is -2.09. The van der Waals surface area contributed by atoms with E-state index in [1.807, 2.05) is 12.3 Å². The second-order valence-electron chi connectivity index (χ2n) is 6.95. The highest BCUT2D eigenvalue weighted by molar-refractivity contribution is 6.15. The lowest BCUT2D eigenvalue weighted by Crippen LogP contribution is -1.83. The molecule has 0 radical (unpaired) electrons. The van der Waals surface area contributed by atoms with Crippen LogP contribution < -0.4 is 0 Å². The molecule has 1 nitrogen and oxygen atoms in total. The third kappa shape index (κ3) is 1.94. The van der Waals surface area contributed by atoms with Crippen LogP contribution in [0.5, 0.6) is 0 Å². The standard InChI is InChI=1S/C25H15N/c1-2-5-17-11-22-14-23-19(13-21(22)10-16(17)4-1)8-7-18-12-20-6-3-9-26-25(20)15-24(18)23/h1-15H. The molecule has 0 atom stereocenters. The smallest absolute Gasteiger partial charge is 0.0708 e. The van der Waals surface area contributed by atoms with Crippen molar-refractivity contribution in [2.24, 2.45) is 0 Å². The fourth-order valence-electron chi connectivity index (χ4n) is 4.07. The molecule has 1 aromatic heterocycles. The first kappa shape index (κ1) is 13.8. The highest BCUT2D eigenvalue weighted by Crippen LogP contribution is 2.33. The van der Waals surface area contributed by atoms with Gasteiger partial charge in [-0.05, 0) is 85.6 Å². The third-order valence-corrected chi connectivity index (χ3v) is 5.38. The molecule has 0 saturated carbocycles. The zero-order valence-corrected chi connectivity index (χ0v) is 14.1. The van der Waals surface area contributed by atoms with Crippen molar-refractivity contribution in [1.82, 2.24) is 4.98 Å². The monoisotopic (exact) mass is 329 g/mol. The largest absolute Gasteiger partial charge is 0.256 e. The van der Waals surface area contributed by atoms with E-state index in [0.29, 0.717) is 0 Å². The van der Waals surface area contributed by atoms with Gasteiger partial charge in [0.2, 0.25) is 0 Å². The molecule has 0 fully saturated rings. The molecule has 0 spiro atoms. The third-order valence-electron chi connectivity index (χ3n) is 5.38. The normalized spacial score (nSPS) is 11.8. The first-order valence-corrected chi connectivity index (χ1v) is 8.89. The zero-order chi connectivity index (χ0) is 17.1. The highest BCUT2D eigenvalue weighted by atomic mass is 14.6. The first-order chi connectivity index (χ1) is 12.8. The lowest BCUT2D eigenvalue weighted by atomic mass is 9.95. The van der Waals surface area contributed by atoms with Crippen LogP contribution in [0.25, 0.3) is 54.0 Å². The predicted molar refractivity (Wildman–Crippen MR) is 112 cm³/mol. The van der Waals surface area contributed by atoms with Gasteiger partial charge in [0.05, 0.1) is 5.52 Å². The number of hydrogen-bond donors (Lipinski definition) is 0. The first-order valence-electron chi connectivity index (χ1n) is 8.89. The van der Waals surface area contributed by atoms with Crippen LogP contribution >= 0.6 is 0 Å². The van der Waals surface area contributed by atoms with E-state index in [1.165, 1.54) is 48.5 Å². The van der Waals surface area contributed by atoms with Crippen LogP contribution in [0.3, 0.4) is 0 Å². The van der Waals surface area contributed by atoms with E-state index < -0.39 is 0 Å². The summed E-state index contributed by atoms with van der Waals surface area (Å²) in [5.74, 6) is 0. The van der Waals surface area contributed by atoms with Gasteiger partial charge in [0.15, 0.2) is 0 Å². The van der Waals surface area contributed by atoms with Crippen LogP contribution in [-0.4, -0.2) is 4.98 Å². The number of pyridine rings is 1. The molecule has 0 bridgehead atoms. The number of nitrogens with zero attached hydrogens (tertiary/aromatic N) is 1. The van der Waals surface area contributed by atoms with Crippen LogP contribution in [0.1, 0.15) is 0 Å². The van der Waals surface area contributed by atoms with Crippen LogP contribution in [0.15, 0.2) is 91.1 Å². The van der Waals surface area contributed by atoms with Gasteiger partial charge in [-0.25, -0.2) is 0 Å². The van der Waals surface area contributed by atoms with Gasteiger partial charge in [-0.2, -0.15) is 0 Å². The van der Waals surface area contributed by atoms with Crippen molar-refractivity contribution in [3.05, 3.63) is 91.1 Å². The van der Waals surface area contributed by atoms with Crippen molar-refractivity contribution in [3.8, 4) is 0 Å². The van der Waals surface area contributed by atoms with Gasteiger partial charge in [-0.1, -0.05) is 42.5 Å². The van der Waals surface area contributed by atoms with E-state index >= 15 is 0 Å². The van der Waals surface area contributed by atoms with Crippen LogP contribution in [0, 0.1) is 0 Å². The van der Waals surface area contributed by atoms with Gasteiger partial charge in [-0.15, -0.1) is 0 Å². The Balaban J connectivity index is 1.78. The maximum absolute atomic E-state index is 4.54. The second-order valence-corrected chi connectivity index (χ2v) is 6.95. The molecule has 6 rings (SSSR count). The van der Waals surface area contributed by atoms with Crippen LogP contribution in [0.4, 0.5) is 0 Å². The number of hydrogen-bond acceptors (Lipinski definition) is 1. The van der Waals surface area contributed by atoms with Crippen LogP contribution in [0.2, 0.25) is 0 Å². The highest BCUT2D eigenvalue weighted by Gasteiger charge is 2.06. The molecule has 0 aliphatic carbocycles. The lowest BCUT2D eigenvalue weighted by molar-refractivity contribution is 1.42. The van der Waals surface area contributed by atoms with Crippen molar-refractivity contribution >= 4 is 54.0 Å². The summed E-state index contributed by atoms with van der Waals surface area (Å²) in [7, 11) is 0. The molecule has 0 N–H and O–H groups in total. The van der Waals surface area contributed by atoms with Crippen molar-refractivity contribution in [2.75, 3.05) is 0 Å². The summed E-state index contributed by atoms with van der Waals surface area (Å²) < 4.78 is 0. The molecular weight excluding hydrogens is 314 g/mol. The molecule has 0 amide bonds. The quantitative estimate of drug-likeness (QED) is 0.219. The SMILES string of the molecule is c1ccc2cc3cc4c(ccc5cc6cccnc6cc54)cc3cc2c1. The summed E-state index contributed by atoms with van der Waals surface area (Å²) in [5.41, 5.74) is 1.05. The average molecular weight is 329 g/mol. The summed E-state index contributed by atoms with van der Waals surface area (Å²) in [5, 5.41) is 11.4. The van der Waals surface area contributed by atoms with Gasteiger partial charge >= 0.3 is 0 Å². The number of benzene rings is 5. The molecule has 1 heteroatoms. The fraction of sp³-hybridized carbons (Fsp3) is 0. The van der Waals surface area contributed by atoms with Gasteiger partial charge in [0.1, 0.15) is 0 Å². The Bertz CT molecular complexity index is 1460. The van der Waals surface area contributed by atoms with Crippen molar-refractivity contribution in [2.45, 2.75) is 0 Å². The molecule has 6 aromatic rings.